The fourth-order valence-electron chi connectivity index (χ4n) is 4.33. The molecular weight excluding hydrogens is 356 g/mol. The van der Waals surface area contributed by atoms with Crippen LogP contribution in [-0.2, 0) is 9.53 Å². The van der Waals surface area contributed by atoms with E-state index in [0.717, 1.165) is 6.42 Å². The summed E-state index contributed by atoms with van der Waals surface area (Å²) in [6.07, 6.45) is 24.3. The first-order valence-corrected chi connectivity index (χ1v) is 13.3. The Kier molecular flexibility index (Phi) is 21.8. The molecule has 0 aromatic carbocycles. The van der Waals surface area contributed by atoms with Crippen molar-refractivity contribution in [2.75, 3.05) is 6.61 Å². The molecule has 2 atom stereocenters. The summed E-state index contributed by atoms with van der Waals surface area (Å²) in [5, 5.41) is 0. The lowest BCUT2D eigenvalue weighted by atomic mass is 9.87. The second kappa shape index (κ2) is 22.2. The van der Waals surface area contributed by atoms with Gasteiger partial charge < -0.3 is 4.74 Å². The van der Waals surface area contributed by atoms with E-state index in [0.29, 0.717) is 24.9 Å². The molecule has 0 N–H and O–H groups in total. The molecule has 2 unspecified atom stereocenters. The van der Waals surface area contributed by atoms with Crippen LogP contribution in [0.5, 0.6) is 0 Å². The minimum Gasteiger partial charge on any atom is -0.465 e. The summed E-state index contributed by atoms with van der Waals surface area (Å²) in [5.74, 6) is 1.22. The first-order chi connectivity index (χ1) is 14.2. The predicted octanol–water partition coefficient (Wildman–Crippen LogP) is 9.25. The van der Waals surface area contributed by atoms with E-state index in [1.54, 1.807) is 0 Å². The first-order valence-electron chi connectivity index (χ1n) is 13.3. The number of unbranched alkanes of at least 4 members (excludes halogenated alkanes) is 13. The third kappa shape index (κ3) is 19.2. The standard InChI is InChI=1S/C27H54O2/c1-5-8-9-10-11-12-13-14-15-16-17-18-19-20-23-27(28)29-24-26(22-7-3)25(4)21-6-2/h25-26H,5-24H2,1-4H3. The van der Waals surface area contributed by atoms with Crippen molar-refractivity contribution in [2.45, 2.75) is 150 Å². The van der Waals surface area contributed by atoms with Crippen molar-refractivity contribution in [1.29, 1.82) is 0 Å². The predicted molar refractivity (Wildman–Crippen MR) is 128 cm³/mol. The Morgan fingerprint density at radius 1 is 0.621 bits per heavy atom. The second-order valence-electron chi connectivity index (χ2n) is 9.34. The van der Waals surface area contributed by atoms with Crippen LogP contribution in [0.25, 0.3) is 0 Å². The number of carbonyl (C=O) groups is 1. The quantitative estimate of drug-likeness (QED) is 0.131. The number of carbonyl (C=O) groups excluding carboxylic acids is 1. The van der Waals surface area contributed by atoms with Gasteiger partial charge in [-0.05, 0) is 24.7 Å². The van der Waals surface area contributed by atoms with Gasteiger partial charge in [0, 0.05) is 6.42 Å². The fourth-order valence-corrected chi connectivity index (χ4v) is 4.33. The zero-order chi connectivity index (χ0) is 21.6. The maximum atomic E-state index is 12.0. The van der Waals surface area contributed by atoms with Crippen molar-refractivity contribution >= 4 is 5.97 Å². The van der Waals surface area contributed by atoms with E-state index in [4.69, 9.17) is 4.74 Å². The Morgan fingerprint density at radius 2 is 1.07 bits per heavy atom. The van der Waals surface area contributed by atoms with Gasteiger partial charge in [-0.25, -0.2) is 0 Å². The molecule has 0 bridgehead atoms. The van der Waals surface area contributed by atoms with Crippen LogP contribution in [0, 0.1) is 11.8 Å². The molecule has 0 saturated carbocycles. The van der Waals surface area contributed by atoms with Crippen molar-refractivity contribution in [3.8, 4) is 0 Å². The molecule has 0 saturated heterocycles. The molecule has 0 fully saturated rings. The summed E-state index contributed by atoms with van der Waals surface area (Å²) in [5.41, 5.74) is 0. The van der Waals surface area contributed by atoms with Crippen LogP contribution in [0.3, 0.4) is 0 Å². The van der Waals surface area contributed by atoms with Crippen molar-refractivity contribution in [3.63, 3.8) is 0 Å². The summed E-state index contributed by atoms with van der Waals surface area (Å²) in [7, 11) is 0. The van der Waals surface area contributed by atoms with Crippen LogP contribution >= 0.6 is 0 Å². The van der Waals surface area contributed by atoms with Crippen LogP contribution in [0.4, 0.5) is 0 Å². The highest BCUT2D eigenvalue weighted by atomic mass is 16.5. The van der Waals surface area contributed by atoms with Gasteiger partial charge in [-0.2, -0.15) is 0 Å². The van der Waals surface area contributed by atoms with Crippen LogP contribution in [-0.4, -0.2) is 12.6 Å². The van der Waals surface area contributed by atoms with E-state index in [9.17, 15) is 4.79 Å². The first kappa shape index (κ1) is 28.5. The molecule has 174 valence electrons. The molecule has 0 rings (SSSR count). The molecule has 0 aliphatic rings. The summed E-state index contributed by atoms with van der Waals surface area (Å²) in [6, 6.07) is 0. The lowest BCUT2D eigenvalue weighted by molar-refractivity contribution is -0.145. The second-order valence-corrected chi connectivity index (χ2v) is 9.34. The molecule has 2 nitrogen and oxygen atoms in total. The smallest absolute Gasteiger partial charge is 0.305 e. The zero-order valence-electron chi connectivity index (χ0n) is 20.6. The molecule has 0 amide bonds. The third-order valence-corrected chi connectivity index (χ3v) is 6.40. The van der Waals surface area contributed by atoms with Crippen LogP contribution in [0.1, 0.15) is 150 Å². The Bertz CT molecular complexity index is 339. The average Bonchev–Trinajstić information content (AvgIpc) is 2.71. The summed E-state index contributed by atoms with van der Waals surface area (Å²) in [6.45, 7) is 9.69. The minimum atomic E-state index is 0.0220. The van der Waals surface area contributed by atoms with E-state index >= 15 is 0 Å². The maximum Gasteiger partial charge on any atom is 0.305 e. The van der Waals surface area contributed by atoms with Crippen molar-refractivity contribution in [3.05, 3.63) is 0 Å². The van der Waals surface area contributed by atoms with Gasteiger partial charge in [-0.1, -0.05) is 130 Å². The van der Waals surface area contributed by atoms with Gasteiger partial charge in [0.05, 0.1) is 6.61 Å². The van der Waals surface area contributed by atoms with Crippen LogP contribution in [0.2, 0.25) is 0 Å². The SMILES string of the molecule is CCCCCCCCCCCCCCCCC(=O)OCC(CCC)C(C)CCC. The highest BCUT2D eigenvalue weighted by Crippen LogP contribution is 2.22. The molecule has 0 heterocycles. The van der Waals surface area contributed by atoms with Crippen molar-refractivity contribution < 1.29 is 9.53 Å². The van der Waals surface area contributed by atoms with E-state index in [2.05, 4.69) is 27.7 Å². The highest BCUT2D eigenvalue weighted by Gasteiger charge is 2.17. The molecular formula is C27H54O2. The molecule has 0 aliphatic heterocycles. The Hall–Kier alpha value is -0.530. The Labute approximate surface area is 184 Å². The number of hydrogen-bond acceptors (Lipinski definition) is 2. The largest absolute Gasteiger partial charge is 0.465 e. The summed E-state index contributed by atoms with van der Waals surface area (Å²) in [4.78, 5) is 12.0. The van der Waals surface area contributed by atoms with Gasteiger partial charge in [0.15, 0.2) is 0 Å². The van der Waals surface area contributed by atoms with E-state index in [-0.39, 0.29) is 5.97 Å². The number of rotatable bonds is 22. The summed E-state index contributed by atoms with van der Waals surface area (Å²) >= 11 is 0. The molecule has 0 aromatic rings. The number of hydrogen-bond donors (Lipinski definition) is 0. The molecule has 0 radical (unpaired) electrons. The third-order valence-electron chi connectivity index (χ3n) is 6.40. The fraction of sp³-hybridized carbons (Fsp3) is 0.963. The number of ether oxygens (including phenoxy) is 1. The highest BCUT2D eigenvalue weighted by molar-refractivity contribution is 5.69. The Balaban J connectivity index is 3.46. The van der Waals surface area contributed by atoms with Crippen molar-refractivity contribution in [1.82, 2.24) is 0 Å². The van der Waals surface area contributed by atoms with Gasteiger partial charge in [-0.15, -0.1) is 0 Å². The van der Waals surface area contributed by atoms with Crippen molar-refractivity contribution in [2.24, 2.45) is 11.8 Å². The van der Waals surface area contributed by atoms with Gasteiger partial charge in [0.1, 0.15) is 0 Å². The lowest BCUT2D eigenvalue weighted by Gasteiger charge is -2.23. The molecule has 0 spiro atoms. The van der Waals surface area contributed by atoms with Crippen LogP contribution in [0.15, 0.2) is 0 Å². The van der Waals surface area contributed by atoms with E-state index in [1.165, 1.54) is 109 Å². The lowest BCUT2D eigenvalue weighted by Crippen LogP contribution is -2.20. The maximum absolute atomic E-state index is 12.0. The zero-order valence-corrected chi connectivity index (χ0v) is 20.6. The van der Waals surface area contributed by atoms with Gasteiger partial charge in [0.2, 0.25) is 0 Å². The monoisotopic (exact) mass is 410 g/mol. The topological polar surface area (TPSA) is 26.3 Å². The summed E-state index contributed by atoms with van der Waals surface area (Å²) < 4.78 is 5.60. The normalized spacial score (nSPS) is 13.4. The molecule has 0 aromatic heterocycles. The van der Waals surface area contributed by atoms with E-state index < -0.39 is 0 Å². The van der Waals surface area contributed by atoms with Gasteiger partial charge in [-0.3, -0.25) is 4.79 Å². The van der Waals surface area contributed by atoms with Gasteiger partial charge in [0.25, 0.3) is 0 Å². The molecule has 0 aliphatic carbocycles. The molecule has 2 heteroatoms. The Morgan fingerprint density at radius 3 is 1.52 bits per heavy atom. The number of esters is 1. The van der Waals surface area contributed by atoms with Crippen LogP contribution < -0.4 is 0 Å². The molecule has 29 heavy (non-hydrogen) atoms. The van der Waals surface area contributed by atoms with Gasteiger partial charge >= 0.3 is 5.97 Å². The minimum absolute atomic E-state index is 0.0220. The average molecular weight is 411 g/mol. The van der Waals surface area contributed by atoms with E-state index in [1.807, 2.05) is 0 Å².